The Balaban J connectivity index is 1.34. The Morgan fingerprint density at radius 3 is 2.80 bits per heavy atom. The van der Waals surface area contributed by atoms with E-state index in [1.165, 1.54) is 4.68 Å². The first-order valence-corrected chi connectivity index (χ1v) is 9.72. The quantitative estimate of drug-likeness (QED) is 0.326. The SMILES string of the molecule is Cc1nn(-c2ccccc2)c(Cl)c1C(=O)OCCCc1nc(-c2cccnc2)no1. The first kappa shape index (κ1) is 19.8. The molecule has 0 fully saturated rings. The van der Waals surface area contributed by atoms with Gasteiger partial charge in [0.1, 0.15) is 10.7 Å². The number of esters is 1. The van der Waals surface area contributed by atoms with Gasteiger partial charge in [0.15, 0.2) is 0 Å². The second kappa shape index (κ2) is 8.87. The van der Waals surface area contributed by atoms with E-state index in [0.29, 0.717) is 30.3 Å². The summed E-state index contributed by atoms with van der Waals surface area (Å²) < 4.78 is 12.1. The second-order valence-corrected chi connectivity index (χ2v) is 6.85. The summed E-state index contributed by atoms with van der Waals surface area (Å²) in [5.41, 5.74) is 2.31. The van der Waals surface area contributed by atoms with Crippen LogP contribution in [0.2, 0.25) is 5.15 Å². The number of hydrogen-bond donors (Lipinski definition) is 0. The summed E-state index contributed by atoms with van der Waals surface area (Å²) in [5.74, 6) is 0.433. The lowest BCUT2D eigenvalue weighted by Crippen LogP contribution is -2.08. The molecule has 0 aliphatic carbocycles. The molecule has 0 saturated heterocycles. The summed E-state index contributed by atoms with van der Waals surface area (Å²) in [6.45, 7) is 1.91. The molecule has 9 heteroatoms. The van der Waals surface area contributed by atoms with E-state index in [-0.39, 0.29) is 17.3 Å². The summed E-state index contributed by atoms with van der Waals surface area (Å²) in [6, 6.07) is 13.0. The highest BCUT2D eigenvalue weighted by Crippen LogP contribution is 2.24. The molecule has 0 spiro atoms. The minimum Gasteiger partial charge on any atom is -0.462 e. The zero-order valence-electron chi connectivity index (χ0n) is 16.2. The maximum Gasteiger partial charge on any atom is 0.343 e. The van der Waals surface area contributed by atoms with Gasteiger partial charge in [0.25, 0.3) is 0 Å². The van der Waals surface area contributed by atoms with Crippen LogP contribution in [0, 0.1) is 6.92 Å². The third-order valence-electron chi connectivity index (χ3n) is 4.36. The predicted molar refractivity (Wildman–Crippen MR) is 109 cm³/mol. The number of halogens is 1. The average Bonchev–Trinajstić information content (AvgIpc) is 3.36. The smallest absolute Gasteiger partial charge is 0.343 e. The number of benzene rings is 1. The van der Waals surface area contributed by atoms with Crippen molar-refractivity contribution in [2.24, 2.45) is 0 Å². The minimum atomic E-state index is -0.513. The fourth-order valence-electron chi connectivity index (χ4n) is 2.90. The van der Waals surface area contributed by atoms with Crippen molar-refractivity contribution in [1.29, 1.82) is 0 Å². The number of aryl methyl sites for hydroxylation is 2. The van der Waals surface area contributed by atoms with Gasteiger partial charge < -0.3 is 9.26 Å². The van der Waals surface area contributed by atoms with Gasteiger partial charge in [-0.15, -0.1) is 0 Å². The molecule has 0 bridgehead atoms. The van der Waals surface area contributed by atoms with Gasteiger partial charge in [-0.2, -0.15) is 10.1 Å². The summed E-state index contributed by atoms with van der Waals surface area (Å²) in [5, 5.41) is 8.52. The molecule has 152 valence electrons. The van der Waals surface area contributed by atoms with Crippen LogP contribution >= 0.6 is 11.6 Å². The number of para-hydroxylation sites is 1. The lowest BCUT2D eigenvalue weighted by molar-refractivity contribution is 0.0497. The highest BCUT2D eigenvalue weighted by molar-refractivity contribution is 6.33. The van der Waals surface area contributed by atoms with Gasteiger partial charge in [0, 0.05) is 24.4 Å². The number of carbonyl (C=O) groups excluding carboxylic acids is 1. The van der Waals surface area contributed by atoms with Crippen LogP contribution < -0.4 is 0 Å². The van der Waals surface area contributed by atoms with Gasteiger partial charge in [-0.3, -0.25) is 4.98 Å². The first-order chi connectivity index (χ1) is 14.6. The van der Waals surface area contributed by atoms with E-state index < -0.39 is 5.97 Å². The summed E-state index contributed by atoms with van der Waals surface area (Å²) in [7, 11) is 0. The lowest BCUT2D eigenvalue weighted by atomic mass is 10.2. The van der Waals surface area contributed by atoms with E-state index >= 15 is 0 Å². The van der Waals surface area contributed by atoms with Crippen molar-refractivity contribution in [3.8, 4) is 17.1 Å². The maximum absolute atomic E-state index is 12.5. The van der Waals surface area contributed by atoms with Gasteiger partial charge in [-0.25, -0.2) is 9.48 Å². The Hall–Kier alpha value is -3.52. The highest BCUT2D eigenvalue weighted by Gasteiger charge is 2.22. The number of hydrogen-bond acceptors (Lipinski definition) is 7. The van der Waals surface area contributed by atoms with Crippen molar-refractivity contribution in [3.63, 3.8) is 0 Å². The van der Waals surface area contributed by atoms with Gasteiger partial charge in [-0.1, -0.05) is 35.0 Å². The van der Waals surface area contributed by atoms with E-state index in [2.05, 4.69) is 20.2 Å². The Morgan fingerprint density at radius 2 is 2.03 bits per heavy atom. The maximum atomic E-state index is 12.5. The number of pyridine rings is 1. The standard InChI is InChI=1S/C21H18ClN5O3/c1-14-18(19(22)27(25-14)16-8-3-2-4-9-16)21(28)29-12-6-10-17-24-20(26-30-17)15-7-5-11-23-13-15/h2-5,7-9,11,13H,6,10,12H2,1H3. The van der Waals surface area contributed by atoms with Crippen LogP contribution in [-0.4, -0.2) is 37.5 Å². The van der Waals surface area contributed by atoms with E-state index in [1.54, 1.807) is 25.4 Å². The molecule has 3 aromatic heterocycles. The zero-order valence-corrected chi connectivity index (χ0v) is 16.9. The van der Waals surface area contributed by atoms with Crippen LogP contribution in [0.15, 0.2) is 59.4 Å². The van der Waals surface area contributed by atoms with E-state index in [9.17, 15) is 4.79 Å². The molecule has 1 aromatic carbocycles. The van der Waals surface area contributed by atoms with Crippen LogP contribution in [-0.2, 0) is 11.2 Å². The number of carbonyl (C=O) groups is 1. The van der Waals surface area contributed by atoms with Crippen LogP contribution in [0.4, 0.5) is 0 Å². The number of aromatic nitrogens is 5. The van der Waals surface area contributed by atoms with Crippen molar-refractivity contribution in [3.05, 3.63) is 77.2 Å². The topological polar surface area (TPSA) is 95.9 Å². The van der Waals surface area contributed by atoms with E-state index in [1.807, 2.05) is 36.4 Å². The monoisotopic (exact) mass is 423 g/mol. The first-order valence-electron chi connectivity index (χ1n) is 9.34. The van der Waals surface area contributed by atoms with Crippen molar-refractivity contribution < 1.29 is 14.1 Å². The molecule has 0 aliphatic rings. The Morgan fingerprint density at radius 1 is 1.20 bits per heavy atom. The molecule has 4 aromatic rings. The molecule has 8 nitrogen and oxygen atoms in total. The lowest BCUT2D eigenvalue weighted by Gasteiger charge is -2.04. The molecule has 0 N–H and O–H groups in total. The Bertz CT molecular complexity index is 1140. The highest BCUT2D eigenvalue weighted by atomic mass is 35.5. The molecule has 3 heterocycles. The molecule has 0 radical (unpaired) electrons. The van der Waals surface area contributed by atoms with E-state index in [0.717, 1.165) is 11.3 Å². The summed E-state index contributed by atoms with van der Waals surface area (Å²) in [4.78, 5) is 20.9. The van der Waals surface area contributed by atoms with Crippen molar-refractivity contribution in [2.45, 2.75) is 19.8 Å². The van der Waals surface area contributed by atoms with Gasteiger partial charge >= 0.3 is 5.97 Å². The third-order valence-corrected chi connectivity index (χ3v) is 4.71. The number of ether oxygens (including phenoxy) is 1. The van der Waals surface area contributed by atoms with Crippen molar-refractivity contribution in [2.75, 3.05) is 6.61 Å². The summed E-state index contributed by atoms with van der Waals surface area (Å²) in [6.07, 6.45) is 4.36. The Kier molecular flexibility index (Phi) is 5.85. The predicted octanol–water partition coefficient (Wildman–Crippen LogP) is 4.07. The molecule has 0 aliphatic heterocycles. The molecular weight excluding hydrogens is 406 g/mol. The molecule has 30 heavy (non-hydrogen) atoms. The Labute approximate surface area is 177 Å². The van der Waals surface area contributed by atoms with Crippen LogP contribution in [0.3, 0.4) is 0 Å². The fourth-order valence-corrected chi connectivity index (χ4v) is 3.25. The molecule has 0 atom stereocenters. The molecule has 0 saturated carbocycles. The van der Waals surface area contributed by atoms with Crippen molar-refractivity contribution in [1.82, 2.24) is 24.9 Å². The van der Waals surface area contributed by atoms with Gasteiger partial charge in [0.05, 0.1) is 18.0 Å². The minimum absolute atomic E-state index is 0.190. The van der Waals surface area contributed by atoms with Crippen LogP contribution in [0.25, 0.3) is 17.1 Å². The van der Waals surface area contributed by atoms with Gasteiger partial charge in [0.2, 0.25) is 11.7 Å². The molecule has 4 rings (SSSR count). The average molecular weight is 424 g/mol. The second-order valence-electron chi connectivity index (χ2n) is 6.49. The van der Waals surface area contributed by atoms with Crippen LogP contribution in [0.5, 0.6) is 0 Å². The number of nitrogens with zero attached hydrogens (tertiary/aromatic N) is 5. The zero-order chi connectivity index (χ0) is 20.9. The normalized spacial score (nSPS) is 10.9. The van der Waals surface area contributed by atoms with Gasteiger partial charge in [-0.05, 0) is 37.6 Å². The third kappa shape index (κ3) is 4.23. The molecule has 0 unspecified atom stereocenters. The van der Waals surface area contributed by atoms with E-state index in [4.69, 9.17) is 20.9 Å². The largest absolute Gasteiger partial charge is 0.462 e. The summed E-state index contributed by atoms with van der Waals surface area (Å²) >= 11 is 6.39. The van der Waals surface area contributed by atoms with Crippen LogP contribution in [0.1, 0.15) is 28.4 Å². The molecular formula is C21H18ClN5O3. The van der Waals surface area contributed by atoms with Crippen molar-refractivity contribution >= 4 is 17.6 Å². The molecule has 0 amide bonds. The fraction of sp³-hybridized carbons (Fsp3) is 0.190. The number of rotatable bonds is 7.